The molecule has 1 aromatic carbocycles. The number of amides is 1. The smallest absolute Gasteiger partial charge is 0.243 e. The van der Waals surface area contributed by atoms with E-state index in [0.29, 0.717) is 24.8 Å². The number of rotatable bonds is 5. The highest BCUT2D eigenvalue weighted by molar-refractivity contribution is 7.89. The average Bonchev–Trinajstić information content (AvgIpc) is 2.73. The molecule has 3 rings (SSSR count). The number of piperidine rings is 2. The fourth-order valence-electron chi connectivity index (χ4n) is 4.09. The third-order valence-electron chi connectivity index (χ3n) is 5.87. The highest BCUT2D eigenvalue weighted by Crippen LogP contribution is 2.27. The van der Waals surface area contributed by atoms with Gasteiger partial charge in [0.2, 0.25) is 15.9 Å². The lowest BCUT2D eigenvalue weighted by atomic mass is 9.96. The third-order valence-corrected chi connectivity index (χ3v) is 7.75. The second-order valence-electron chi connectivity index (χ2n) is 7.92. The molecule has 0 radical (unpaired) electrons. The van der Waals surface area contributed by atoms with Crippen molar-refractivity contribution in [2.24, 2.45) is 5.92 Å². The van der Waals surface area contributed by atoms with Gasteiger partial charge in [-0.1, -0.05) is 0 Å². The molecule has 28 heavy (non-hydrogen) atoms. The summed E-state index contributed by atoms with van der Waals surface area (Å²) in [6, 6.07) is 6.79. The fourth-order valence-corrected chi connectivity index (χ4v) is 5.62. The highest BCUT2D eigenvalue weighted by atomic mass is 32.2. The summed E-state index contributed by atoms with van der Waals surface area (Å²) < 4.78 is 32.6. The fraction of sp³-hybridized carbons (Fsp3) is 0.650. The van der Waals surface area contributed by atoms with Crippen LogP contribution in [0.15, 0.2) is 29.2 Å². The largest absolute Gasteiger partial charge is 0.497 e. The maximum atomic E-state index is 13.1. The van der Waals surface area contributed by atoms with Crippen molar-refractivity contribution >= 4 is 15.9 Å². The summed E-state index contributed by atoms with van der Waals surface area (Å²) in [6.07, 6.45) is 3.54. The van der Waals surface area contributed by atoms with E-state index in [1.807, 2.05) is 19.0 Å². The first kappa shape index (κ1) is 21.1. The molecule has 0 bridgehead atoms. The zero-order valence-electron chi connectivity index (χ0n) is 17.0. The van der Waals surface area contributed by atoms with Crippen molar-refractivity contribution in [3.05, 3.63) is 24.3 Å². The molecule has 0 saturated carbocycles. The number of benzene rings is 1. The summed E-state index contributed by atoms with van der Waals surface area (Å²) in [6.45, 7) is 2.22. The third kappa shape index (κ3) is 4.50. The van der Waals surface area contributed by atoms with Crippen molar-refractivity contribution in [2.45, 2.75) is 36.6 Å². The van der Waals surface area contributed by atoms with Crippen LogP contribution >= 0.6 is 0 Å². The minimum Gasteiger partial charge on any atom is -0.497 e. The summed E-state index contributed by atoms with van der Waals surface area (Å²) in [5.74, 6) is 0.454. The van der Waals surface area contributed by atoms with Crippen molar-refractivity contribution in [1.29, 1.82) is 0 Å². The van der Waals surface area contributed by atoms with Gasteiger partial charge in [-0.2, -0.15) is 4.31 Å². The van der Waals surface area contributed by atoms with Crippen LogP contribution in [0.5, 0.6) is 5.75 Å². The van der Waals surface area contributed by atoms with Gasteiger partial charge in [0.05, 0.1) is 17.9 Å². The molecule has 2 fully saturated rings. The predicted octanol–water partition coefficient (Wildman–Crippen LogP) is 1.65. The summed E-state index contributed by atoms with van der Waals surface area (Å²) >= 11 is 0. The zero-order chi connectivity index (χ0) is 20.3. The first-order valence-electron chi connectivity index (χ1n) is 9.92. The quantitative estimate of drug-likeness (QED) is 0.740. The van der Waals surface area contributed by atoms with E-state index in [9.17, 15) is 13.2 Å². The van der Waals surface area contributed by atoms with Gasteiger partial charge in [-0.05, 0) is 64.0 Å². The van der Waals surface area contributed by atoms with Gasteiger partial charge >= 0.3 is 0 Å². The molecule has 2 aliphatic rings. The lowest BCUT2D eigenvalue weighted by molar-refractivity contribution is -0.138. The van der Waals surface area contributed by atoms with Crippen LogP contribution in [-0.4, -0.2) is 81.9 Å². The van der Waals surface area contributed by atoms with Gasteiger partial charge in [0.25, 0.3) is 0 Å². The van der Waals surface area contributed by atoms with Crippen LogP contribution in [0.25, 0.3) is 0 Å². The molecule has 2 heterocycles. The Morgan fingerprint density at radius 2 is 1.75 bits per heavy atom. The van der Waals surface area contributed by atoms with Crippen molar-refractivity contribution in [2.75, 3.05) is 47.4 Å². The SMILES string of the molecule is COc1ccc(S(=O)(=O)N2CCCC(C(=O)N3CCCC(N(C)C)C3)C2)cc1. The lowest BCUT2D eigenvalue weighted by Crippen LogP contribution is -2.52. The summed E-state index contributed by atoms with van der Waals surface area (Å²) in [7, 11) is 2.03. The number of ether oxygens (including phenoxy) is 1. The molecule has 1 aromatic rings. The Morgan fingerprint density at radius 3 is 2.39 bits per heavy atom. The summed E-state index contributed by atoms with van der Waals surface area (Å²) in [5, 5.41) is 0. The van der Waals surface area contributed by atoms with Gasteiger partial charge < -0.3 is 14.5 Å². The Hall–Kier alpha value is -1.64. The summed E-state index contributed by atoms with van der Waals surface area (Å²) in [5.41, 5.74) is 0. The Kier molecular flexibility index (Phi) is 6.62. The van der Waals surface area contributed by atoms with E-state index < -0.39 is 10.0 Å². The molecule has 1 amide bonds. The van der Waals surface area contributed by atoms with Crippen LogP contribution in [0.2, 0.25) is 0 Å². The van der Waals surface area contributed by atoms with E-state index in [2.05, 4.69) is 4.90 Å². The number of hydrogen-bond donors (Lipinski definition) is 0. The molecule has 0 aliphatic carbocycles. The molecule has 2 unspecified atom stereocenters. The van der Waals surface area contributed by atoms with Crippen molar-refractivity contribution < 1.29 is 17.9 Å². The van der Waals surface area contributed by atoms with Crippen molar-refractivity contribution in [1.82, 2.24) is 14.1 Å². The second-order valence-corrected chi connectivity index (χ2v) is 9.86. The molecule has 0 N–H and O–H groups in total. The Bertz CT molecular complexity index is 779. The molecule has 8 heteroatoms. The number of carbonyl (C=O) groups is 1. The Labute approximate surface area is 168 Å². The van der Waals surface area contributed by atoms with Gasteiger partial charge in [0.1, 0.15) is 5.75 Å². The number of carbonyl (C=O) groups excluding carboxylic acids is 1. The van der Waals surface area contributed by atoms with Crippen LogP contribution in [0.3, 0.4) is 0 Å². The number of likely N-dealkylation sites (tertiary alicyclic amines) is 1. The molecule has 156 valence electrons. The van der Waals surface area contributed by atoms with Crippen LogP contribution < -0.4 is 4.74 Å². The number of hydrogen-bond acceptors (Lipinski definition) is 5. The van der Waals surface area contributed by atoms with Gasteiger partial charge in [-0.3, -0.25) is 4.79 Å². The first-order chi connectivity index (χ1) is 13.3. The van der Waals surface area contributed by atoms with E-state index in [-0.39, 0.29) is 23.3 Å². The molecule has 0 aromatic heterocycles. The molecule has 0 spiro atoms. The van der Waals surface area contributed by atoms with E-state index in [4.69, 9.17) is 4.74 Å². The zero-order valence-corrected chi connectivity index (χ0v) is 17.8. The maximum Gasteiger partial charge on any atom is 0.243 e. The van der Waals surface area contributed by atoms with Crippen LogP contribution in [0.1, 0.15) is 25.7 Å². The van der Waals surface area contributed by atoms with Crippen LogP contribution in [0, 0.1) is 5.92 Å². The maximum absolute atomic E-state index is 13.1. The number of sulfonamides is 1. The first-order valence-corrected chi connectivity index (χ1v) is 11.4. The van der Waals surface area contributed by atoms with Gasteiger partial charge in [0.15, 0.2) is 0 Å². The monoisotopic (exact) mass is 409 g/mol. The average molecular weight is 410 g/mol. The van der Waals surface area contributed by atoms with Crippen molar-refractivity contribution in [3.63, 3.8) is 0 Å². The minimum absolute atomic E-state index is 0.0983. The van der Waals surface area contributed by atoms with Gasteiger partial charge in [-0.25, -0.2) is 8.42 Å². The molecule has 2 saturated heterocycles. The van der Waals surface area contributed by atoms with E-state index in [1.54, 1.807) is 31.4 Å². The number of nitrogens with zero attached hydrogens (tertiary/aromatic N) is 3. The van der Waals surface area contributed by atoms with Gasteiger partial charge in [-0.15, -0.1) is 0 Å². The highest BCUT2D eigenvalue weighted by Gasteiger charge is 2.36. The predicted molar refractivity (Wildman–Crippen MR) is 108 cm³/mol. The standard InChI is InChI=1S/C20H31N3O4S/c1-21(2)17-7-5-12-22(15-17)20(24)16-6-4-13-23(14-16)28(25,26)19-10-8-18(27-3)9-11-19/h8-11,16-17H,4-7,12-15H2,1-3H3. The normalized spacial score (nSPS) is 24.4. The Balaban J connectivity index is 1.69. The minimum atomic E-state index is -3.61. The Morgan fingerprint density at radius 1 is 1.07 bits per heavy atom. The van der Waals surface area contributed by atoms with Gasteiger partial charge in [0, 0.05) is 32.2 Å². The van der Waals surface area contributed by atoms with Crippen molar-refractivity contribution in [3.8, 4) is 5.75 Å². The van der Waals surface area contributed by atoms with E-state index in [0.717, 1.165) is 32.4 Å². The molecule has 2 aliphatic heterocycles. The van der Waals surface area contributed by atoms with Crippen LogP contribution in [0.4, 0.5) is 0 Å². The lowest BCUT2D eigenvalue weighted by Gasteiger charge is -2.39. The topological polar surface area (TPSA) is 70.2 Å². The number of methoxy groups -OCH3 is 1. The second kappa shape index (κ2) is 8.80. The molecular formula is C20H31N3O4S. The summed E-state index contributed by atoms with van der Waals surface area (Å²) in [4.78, 5) is 17.4. The molecule has 2 atom stereocenters. The molecule has 7 nitrogen and oxygen atoms in total. The number of likely N-dealkylation sites (N-methyl/N-ethyl adjacent to an activating group) is 1. The van der Waals surface area contributed by atoms with Crippen LogP contribution in [-0.2, 0) is 14.8 Å². The van der Waals surface area contributed by atoms with E-state index in [1.165, 1.54) is 4.31 Å². The van der Waals surface area contributed by atoms with E-state index >= 15 is 0 Å². The molecular weight excluding hydrogens is 378 g/mol.